The molecule has 0 aliphatic carbocycles. The van der Waals surface area contributed by atoms with E-state index >= 15 is 0 Å². The number of hydrogen-bond acceptors (Lipinski definition) is 5. The number of nitrogens with zero attached hydrogens (tertiary/aromatic N) is 5. The second-order valence-corrected chi connectivity index (χ2v) is 9.59. The maximum absolute atomic E-state index is 13.7. The summed E-state index contributed by atoms with van der Waals surface area (Å²) in [6, 6.07) is 16.8. The molecule has 1 aliphatic heterocycles. The summed E-state index contributed by atoms with van der Waals surface area (Å²) in [4.78, 5) is 31.8. The molecule has 1 aliphatic rings. The number of carbonyl (C=O) groups excluding carboxylic acids is 2. The van der Waals surface area contributed by atoms with Gasteiger partial charge in [-0.25, -0.2) is 4.39 Å². The largest absolute Gasteiger partial charge is 0.353 e. The molecule has 194 valence electrons. The standard InChI is InChI=1S/C28H31ClFN5O2/c1-3-20(2)35(28(37)21-8-6-9-22(30)18-21)19-27(36)34-15-7-14-33(16-17-34)26-13-12-25(31-32-26)23-10-4-5-11-24(23)29/h4-6,8-13,18,20H,3,7,14-17,19H2,1-2H3/t20-/m1/s1. The third-order valence-corrected chi connectivity index (χ3v) is 7.06. The lowest BCUT2D eigenvalue weighted by atomic mass is 10.1. The van der Waals surface area contributed by atoms with Gasteiger partial charge in [0.1, 0.15) is 12.4 Å². The second-order valence-electron chi connectivity index (χ2n) is 9.18. The van der Waals surface area contributed by atoms with Crippen molar-refractivity contribution >= 4 is 29.2 Å². The van der Waals surface area contributed by atoms with E-state index in [4.69, 9.17) is 11.6 Å². The van der Waals surface area contributed by atoms with Crippen molar-refractivity contribution in [3.63, 3.8) is 0 Å². The van der Waals surface area contributed by atoms with E-state index in [1.54, 1.807) is 15.9 Å². The number of hydrogen-bond donors (Lipinski definition) is 0. The fourth-order valence-electron chi connectivity index (χ4n) is 4.38. The molecular formula is C28H31ClFN5O2. The van der Waals surface area contributed by atoms with Crippen molar-refractivity contribution in [1.82, 2.24) is 20.0 Å². The highest BCUT2D eigenvalue weighted by atomic mass is 35.5. The molecule has 1 fully saturated rings. The lowest BCUT2D eigenvalue weighted by Gasteiger charge is -2.31. The van der Waals surface area contributed by atoms with Gasteiger partial charge in [-0.05, 0) is 56.2 Å². The quantitative estimate of drug-likeness (QED) is 0.440. The lowest BCUT2D eigenvalue weighted by molar-refractivity contribution is -0.132. The molecule has 0 spiro atoms. The Morgan fingerprint density at radius 3 is 2.54 bits per heavy atom. The number of rotatable bonds is 7. The van der Waals surface area contributed by atoms with E-state index in [1.807, 2.05) is 50.2 Å². The van der Waals surface area contributed by atoms with Gasteiger partial charge in [0.2, 0.25) is 5.91 Å². The van der Waals surface area contributed by atoms with Crippen LogP contribution in [0.3, 0.4) is 0 Å². The van der Waals surface area contributed by atoms with Crippen LogP contribution in [0.2, 0.25) is 5.02 Å². The van der Waals surface area contributed by atoms with Crippen LogP contribution in [0.25, 0.3) is 11.3 Å². The molecule has 3 aromatic rings. The Kier molecular flexibility index (Phi) is 8.71. The smallest absolute Gasteiger partial charge is 0.254 e. The molecule has 7 nitrogen and oxygen atoms in total. The van der Waals surface area contributed by atoms with Crippen LogP contribution in [0.1, 0.15) is 37.0 Å². The van der Waals surface area contributed by atoms with Crippen LogP contribution in [-0.2, 0) is 4.79 Å². The molecule has 0 saturated carbocycles. The first-order chi connectivity index (χ1) is 17.9. The molecule has 2 heterocycles. The topological polar surface area (TPSA) is 69.6 Å². The van der Waals surface area contributed by atoms with Crippen LogP contribution in [0.15, 0.2) is 60.7 Å². The second kappa shape index (κ2) is 12.1. The zero-order chi connectivity index (χ0) is 26.4. The number of anilines is 1. The molecule has 37 heavy (non-hydrogen) atoms. The minimum Gasteiger partial charge on any atom is -0.353 e. The van der Waals surface area contributed by atoms with E-state index in [0.29, 0.717) is 36.8 Å². The maximum atomic E-state index is 13.7. The Morgan fingerprint density at radius 1 is 1.03 bits per heavy atom. The van der Waals surface area contributed by atoms with Crippen molar-refractivity contribution in [2.75, 3.05) is 37.6 Å². The minimum absolute atomic E-state index is 0.0449. The van der Waals surface area contributed by atoms with Crippen molar-refractivity contribution in [1.29, 1.82) is 0 Å². The normalized spacial score (nSPS) is 14.7. The molecule has 2 aromatic carbocycles. The van der Waals surface area contributed by atoms with E-state index in [9.17, 15) is 14.0 Å². The minimum atomic E-state index is -0.475. The number of aromatic nitrogens is 2. The molecule has 1 atom stereocenters. The van der Waals surface area contributed by atoms with Crippen molar-refractivity contribution in [3.8, 4) is 11.3 Å². The molecule has 2 amide bonds. The lowest BCUT2D eigenvalue weighted by Crippen LogP contribution is -2.47. The molecule has 0 unspecified atom stereocenters. The van der Waals surface area contributed by atoms with Crippen LogP contribution >= 0.6 is 11.6 Å². The first-order valence-corrected chi connectivity index (χ1v) is 12.9. The van der Waals surface area contributed by atoms with Gasteiger partial charge in [0.25, 0.3) is 5.91 Å². The van der Waals surface area contributed by atoms with Gasteiger partial charge in [0.05, 0.1) is 10.7 Å². The Bertz CT molecular complexity index is 1240. The van der Waals surface area contributed by atoms with Crippen molar-refractivity contribution in [2.45, 2.75) is 32.7 Å². The first-order valence-electron chi connectivity index (χ1n) is 12.5. The Labute approximate surface area is 221 Å². The molecular weight excluding hydrogens is 493 g/mol. The average molecular weight is 524 g/mol. The van der Waals surface area contributed by atoms with Crippen molar-refractivity contribution < 1.29 is 14.0 Å². The van der Waals surface area contributed by atoms with E-state index in [-0.39, 0.29) is 30.0 Å². The molecule has 1 aromatic heterocycles. The van der Waals surface area contributed by atoms with E-state index < -0.39 is 5.82 Å². The van der Waals surface area contributed by atoms with Crippen LogP contribution < -0.4 is 4.90 Å². The summed E-state index contributed by atoms with van der Waals surface area (Å²) in [6.45, 7) is 6.26. The van der Waals surface area contributed by atoms with Gasteiger partial charge in [-0.3, -0.25) is 9.59 Å². The van der Waals surface area contributed by atoms with Crippen molar-refractivity contribution in [3.05, 3.63) is 77.1 Å². The highest BCUT2D eigenvalue weighted by molar-refractivity contribution is 6.33. The highest BCUT2D eigenvalue weighted by Gasteiger charge is 2.27. The van der Waals surface area contributed by atoms with Crippen LogP contribution in [0.4, 0.5) is 10.2 Å². The zero-order valence-corrected chi connectivity index (χ0v) is 21.9. The summed E-state index contributed by atoms with van der Waals surface area (Å²) in [5, 5.41) is 9.39. The third-order valence-electron chi connectivity index (χ3n) is 6.73. The molecule has 1 saturated heterocycles. The third kappa shape index (κ3) is 6.43. The monoisotopic (exact) mass is 523 g/mol. The summed E-state index contributed by atoms with van der Waals surface area (Å²) in [5.41, 5.74) is 1.78. The number of benzene rings is 2. The van der Waals surface area contributed by atoms with Gasteiger partial charge in [0.15, 0.2) is 5.82 Å². The van der Waals surface area contributed by atoms with Crippen molar-refractivity contribution in [2.24, 2.45) is 0 Å². The maximum Gasteiger partial charge on any atom is 0.254 e. The Balaban J connectivity index is 1.40. The van der Waals surface area contributed by atoms with Gasteiger partial charge >= 0.3 is 0 Å². The van der Waals surface area contributed by atoms with Gasteiger partial charge in [-0.2, -0.15) is 0 Å². The fraction of sp³-hybridized carbons (Fsp3) is 0.357. The zero-order valence-electron chi connectivity index (χ0n) is 21.1. The summed E-state index contributed by atoms with van der Waals surface area (Å²) >= 11 is 6.28. The van der Waals surface area contributed by atoms with Gasteiger partial charge in [-0.15, -0.1) is 10.2 Å². The van der Waals surface area contributed by atoms with Crippen LogP contribution in [-0.4, -0.2) is 70.6 Å². The summed E-state index contributed by atoms with van der Waals surface area (Å²) in [6.07, 6.45) is 1.45. The summed E-state index contributed by atoms with van der Waals surface area (Å²) in [5.74, 6) is -0.191. The predicted octanol–water partition coefficient (Wildman–Crippen LogP) is 4.92. The average Bonchev–Trinajstić information content (AvgIpc) is 3.18. The summed E-state index contributed by atoms with van der Waals surface area (Å²) in [7, 11) is 0. The molecule has 0 N–H and O–H groups in total. The number of carbonyl (C=O) groups is 2. The molecule has 9 heteroatoms. The van der Waals surface area contributed by atoms with Gasteiger partial charge < -0.3 is 14.7 Å². The van der Waals surface area contributed by atoms with Gasteiger partial charge in [0, 0.05) is 43.3 Å². The number of amides is 2. The van der Waals surface area contributed by atoms with E-state index in [2.05, 4.69) is 15.1 Å². The molecule has 4 rings (SSSR count). The van der Waals surface area contributed by atoms with Crippen LogP contribution in [0, 0.1) is 5.82 Å². The SMILES string of the molecule is CC[C@@H](C)N(CC(=O)N1CCCN(c2ccc(-c3ccccc3Cl)nn2)CC1)C(=O)c1cccc(F)c1. The summed E-state index contributed by atoms with van der Waals surface area (Å²) < 4.78 is 13.7. The Morgan fingerprint density at radius 2 is 1.84 bits per heavy atom. The van der Waals surface area contributed by atoms with Crippen LogP contribution in [0.5, 0.6) is 0 Å². The number of halogens is 2. The predicted molar refractivity (Wildman–Crippen MR) is 143 cm³/mol. The Hall–Kier alpha value is -3.52. The molecule has 0 bridgehead atoms. The molecule has 0 radical (unpaired) electrons. The van der Waals surface area contributed by atoms with Gasteiger partial charge in [-0.1, -0.05) is 42.8 Å². The fourth-order valence-corrected chi connectivity index (χ4v) is 4.62. The van der Waals surface area contributed by atoms with E-state index in [1.165, 1.54) is 18.2 Å². The first kappa shape index (κ1) is 26.5. The van der Waals surface area contributed by atoms with E-state index in [0.717, 1.165) is 24.3 Å². The highest BCUT2D eigenvalue weighted by Crippen LogP contribution is 2.26.